The lowest BCUT2D eigenvalue weighted by molar-refractivity contribution is -0.144. The molecule has 1 aliphatic carbocycles. The van der Waals surface area contributed by atoms with Gasteiger partial charge in [0.2, 0.25) is 0 Å². The van der Waals surface area contributed by atoms with Crippen LogP contribution in [0.15, 0.2) is 18.3 Å². The molecule has 0 saturated carbocycles. The fraction of sp³-hybridized carbons (Fsp3) is 0.500. The van der Waals surface area contributed by atoms with Crippen molar-refractivity contribution < 1.29 is 9.90 Å². The third kappa shape index (κ3) is 1.42. The van der Waals surface area contributed by atoms with Crippen molar-refractivity contribution in [2.24, 2.45) is 0 Å². The Morgan fingerprint density at radius 2 is 2.47 bits per heavy atom. The molecular formula is C12H15NO2. The number of fused-ring (bicyclic) bond motifs is 1. The minimum absolute atomic E-state index is 0.617. The molecule has 0 saturated heterocycles. The topological polar surface area (TPSA) is 50.2 Å². The minimum atomic E-state index is -0.741. The van der Waals surface area contributed by atoms with Crippen molar-refractivity contribution in [3.8, 4) is 0 Å². The molecule has 1 N–H and O–H groups in total. The van der Waals surface area contributed by atoms with E-state index in [9.17, 15) is 9.90 Å². The summed E-state index contributed by atoms with van der Waals surface area (Å²) in [5.74, 6) is -0.732. The van der Waals surface area contributed by atoms with Gasteiger partial charge in [-0.2, -0.15) is 0 Å². The second kappa shape index (κ2) is 3.65. The first kappa shape index (κ1) is 10.1. The van der Waals surface area contributed by atoms with Gasteiger partial charge in [0.15, 0.2) is 0 Å². The van der Waals surface area contributed by atoms with E-state index in [1.54, 1.807) is 6.20 Å². The molecule has 0 bridgehead atoms. The van der Waals surface area contributed by atoms with Crippen LogP contribution in [0.25, 0.3) is 0 Å². The van der Waals surface area contributed by atoms with E-state index >= 15 is 0 Å². The molecule has 1 aromatic heterocycles. The average Bonchev–Trinajstić information content (AvgIpc) is 2.28. The molecule has 0 fully saturated rings. The first-order valence-corrected chi connectivity index (χ1v) is 5.38. The molecular weight excluding hydrogens is 190 g/mol. The zero-order valence-electron chi connectivity index (χ0n) is 8.86. The van der Waals surface area contributed by atoms with Crippen LogP contribution in [0.3, 0.4) is 0 Å². The number of carboxylic acids is 1. The summed E-state index contributed by atoms with van der Waals surface area (Å²) >= 11 is 0. The van der Waals surface area contributed by atoms with Crippen molar-refractivity contribution in [1.82, 2.24) is 4.98 Å². The van der Waals surface area contributed by atoms with Crippen molar-refractivity contribution in [3.05, 3.63) is 29.6 Å². The van der Waals surface area contributed by atoms with E-state index in [4.69, 9.17) is 0 Å². The number of carboxylic acid groups (broad SMARTS) is 1. The summed E-state index contributed by atoms with van der Waals surface area (Å²) in [6, 6.07) is 3.88. The van der Waals surface area contributed by atoms with E-state index in [1.807, 2.05) is 19.1 Å². The Balaban J connectivity index is 2.57. The Kier molecular flexibility index (Phi) is 2.47. The lowest BCUT2D eigenvalue weighted by Gasteiger charge is -2.33. The van der Waals surface area contributed by atoms with Gasteiger partial charge in [-0.05, 0) is 37.3 Å². The first-order chi connectivity index (χ1) is 7.20. The van der Waals surface area contributed by atoms with Crippen LogP contribution in [0.4, 0.5) is 0 Å². The zero-order chi connectivity index (χ0) is 10.9. The molecule has 3 heteroatoms. The van der Waals surface area contributed by atoms with Crippen LogP contribution in [-0.2, 0) is 16.6 Å². The molecule has 0 aromatic carbocycles. The van der Waals surface area contributed by atoms with Crippen molar-refractivity contribution in [3.63, 3.8) is 0 Å². The Labute approximate surface area is 89.2 Å². The second-order valence-electron chi connectivity index (χ2n) is 4.11. The second-order valence-corrected chi connectivity index (χ2v) is 4.11. The predicted molar refractivity (Wildman–Crippen MR) is 56.8 cm³/mol. The van der Waals surface area contributed by atoms with Gasteiger partial charge < -0.3 is 5.11 Å². The van der Waals surface area contributed by atoms with Gasteiger partial charge in [-0.3, -0.25) is 9.78 Å². The summed E-state index contributed by atoms with van der Waals surface area (Å²) in [4.78, 5) is 15.7. The number of hydrogen-bond acceptors (Lipinski definition) is 2. The van der Waals surface area contributed by atoms with Gasteiger partial charge >= 0.3 is 5.97 Å². The smallest absolute Gasteiger partial charge is 0.315 e. The van der Waals surface area contributed by atoms with Crippen LogP contribution >= 0.6 is 0 Å². The monoisotopic (exact) mass is 205 g/mol. The van der Waals surface area contributed by atoms with Gasteiger partial charge in [-0.1, -0.05) is 13.0 Å². The molecule has 1 aliphatic rings. The highest BCUT2D eigenvalue weighted by molar-refractivity contribution is 5.81. The molecule has 1 aromatic rings. The van der Waals surface area contributed by atoms with Crippen molar-refractivity contribution >= 4 is 5.97 Å². The van der Waals surface area contributed by atoms with E-state index in [0.29, 0.717) is 12.8 Å². The fourth-order valence-electron chi connectivity index (χ4n) is 2.47. The van der Waals surface area contributed by atoms with Gasteiger partial charge in [0.1, 0.15) is 5.41 Å². The molecule has 15 heavy (non-hydrogen) atoms. The molecule has 2 rings (SSSR count). The number of hydrogen-bond donors (Lipinski definition) is 1. The summed E-state index contributed by atoms with van der Waals surface area (Å²) in [7, 11) is 0. The number of aryl methyl sites for hydroxylation is 1. The number of carbonyl (C=O) groups is 1. The number of pyridine rings is 1. The number of nitrogens with zero attached hydrogens (tertiary/aromatic N) is 1. The molecule has 1 unspecified atom stereocenters. The normalized spacial score (nSPS) is 24.6. The van der Waals surface area contributed by atoms with Gasteiger partial charge in [-0.15, -0.1) is 0 Å². The molecule has 0 radical (unpaired) electrons. The van der Waals surface area contributed by atoms with E-state index in [1.165, 1.54) is 0 Å². The van der Waals surface area contributed by atoms with Gasteiger partial charge in [0, 0.05) is 6.20 Å². The summed E-state index contributed by atoms with van der Waals surface area (Å²) < 4.78 is 0. The van der Waals surface area contributed by atoms with E-state index in [0.717, 1.165) is 24.1 Å². The average molecular weight is 205 g/mol. The van der Waals surface area contributed by atoms with Crippen LogP contribution in [0.1, 0.15) is 37.4 Å². The van der Waals surface area contributed by atoms with Crippen molar-refractivity contribution in [2.75, 3.05) is 0 Å². The van der Waals surface area contributed by atoms with Crippen LogP contribution < -0.4 is 0 Å². The first-order valence-electron chi connectivity index (χ1n) is 5.38. The highest BCUT2D eigenvalue weighted by Crippen LogP contribution is 2.38. The maximum Gasteiger partial charge on any atom is 0.315 e. The SMILES string of the molecule is CCC1(C(=O)O)CCCc2cccnc21. The van der Waals surface area contributed by atoms with E-state index in [2.05, 4.69) is 4.98 Å². The highest BCUT2D eigenvalue weighted by Gasteiger charge is 2.43. The third-order valence-electron chi connectivity index (χ3n) is 3.41. The summed E-state index contributed by atoms with van der Waals surface area (Å²) in [5.41, 5.74) is 1.15. The Morgan fingerprint density at radius 3 is 3.13 bits per heavy atom. The summed E-state index contributed by atoms with van der Waals surface area (Å²) in [5, 5.41) is 9.40. The highest BCUT2D eigenvalue weighted by atomic mass is 16.4. The number of rotatable bonds is 2. The maximum atomic E-state index is 11.4. The summed E-state index contributed by atoms with van der Waals surface area (Å²) in [6.07, 6.45) is 4.92. The lowest BCUT2D eigenvalue weighted by atomic mass is 9.71. The van der Waals surface area contributed by atoms with E-state index in [-0.39, 0.29) is 0 Å². The molecule has 1 heterocycles. The van der Waals surface area contributed by atoms with Gasteiger partial charge in [0.25, 0.3) is 0 Å². The van der Waals surface area contributed by atoms with Gasteiger partial charge in [-0.25, -0.2) is 0 Å². The van der Waals surface area contributed by atoms with E-state index < -0.39 is 11.4 Å². The molecule has 3 nitrogen and oxygen atoms in total. The Hall–Kier alpha value is -1.38. The molecule has 80 valence electrons. The largest absolute Gasteiger partial charge is 0.481 e. The number of aromatic nitrogens is 1. The standard InChI is InChI=1S/C12H15NO2/c1-2-12(11(14)15)7-3-5-9-6-4-8-13-10(9)12/h4,6,8H,2-3,5,7H2,1H3,(H,14,15). The molecule has 0 spiro atoms. The van der Waals surface area contributed by atoms with Crippen molar-refractivity contribution in [2.45, 2.75) is 38.0 Å². The minimum Gasteiger partial charge on any atom is -0.481 e. The van der Waals surface area contributed by atoms with Crippen LogP contribution in [0.2, 0.25) is 0 Å². The fourth-order valence-corrected chi connectivity index (χ4v) is 2.47. The third-order valence-corrected chi connectivity index (χ3v) is 3.41. The molecule has 0 amide bonds. The van der Waals surface area contributed by atoms with Gasteiger partial charge in [0.05, 0.1) is 5.69 Å². The Bertz CT molecular complexity index is 389. The quantitative estimate of drug-likeness (QED) is 0.804. The zero-order valence-corrected chi connectivity index (χ0v) is 8.86. The predicted octanol–water partition coefficient (Wildman–Crippen LogP) is 2.15. The Morgan fingerprint density at radius 1 is 1.67 bits per heavy atom. The molecule has 1 atom stereocenters. The maximum absolute atomic E-state index is 11.4. The van der Waals surface area contributed by atoms with Crippen LogP contribution in [0.5, 0.6) is 0 Å². The number of aliphatic carboxylic acids is 1. The summed E-state index contributed by atoms with van der Waals surface area (Å²) in [6.45, 7) is 1.93. The van der Waals surface area contributed by atoms with Crippen LogP contribution in [-0.4, -0.2) is 16.1 Å². The molecule has 0 aliphatic heterocycles. The lowest BCUT2D eigenvalue weighted by Crippen LogP contribution is -2.39. The van der Waals surface area contributed by atoms with Crippen molar-refractivity contribution in [1.29, 1.82) is 0 Å². The van der Waals surface area contributed by atoms with Crippen LogP contribution in [0, 0.1) is 0 Å².